The van der Waals surface area contributed by atoms with Gasteiger partial charge < -0.3 is 4.74 Å². The largest absolute Gasteiger partial charge is 0.497 e. The second-order valence-electron chi connectivity index (χ2n) is 6.73. The zero-order valence-electron chi connectivity index (χ0n) is 15.7. The predicted octanol–water partition coefficient (Wildman–Crippen LogP) is 3.92. The van der Waals surface area contributed by atoms with E-state index in [4.69, 9.17) is 4.74 Å². The highest BCUT2D eigenvalue weighted by molar-refractivity contribution is 7.08. The third-order valence-electron chi connectivity index (χ3n) is 4.75. The molecule has 4 rings (SSSR count). The number of hydrogen-bond acceptors (Lipinski definition) is 6. The zero-order chi connectivity index (χ0) is 19.3. The molecule has 2 aromatic heterocycles. The van der Waals surface area contributed by atoms with Gasteiger partial charge in [-0.2, -0.15) is 11.3 Å². The summed E-state index contributed by atoms with van der Waals surface area (Å²) in [6.45, 7) is 2.32. The Hall–Kier alpha value is -2.77. The molecule has 1 fully saturated rings. The Kier molecular flexibility index (Phi) is 5.64. The molecule has 1 aliphatic rings. The van der Waals surface area contributed by atoms with E-state index in [2.05, 4.69) is 20.2 Å². The lowest BCUT2D eigenvalue weighted by Gasteiger charge is -2.14. The number of thiophene rings is 1. The molecule has 3 aromatic rings. The van der Waals surface area contributed by atoms with E-state index in [1.807, 2.05) is 47.2 Å². The summed E-state index contributed by atoms with van der Waals surface area (Å²) in [5.41, 5.74) is 3.50. The van der Waals surface area contributed by atoms with Crippen LogP contribution in [0.3, 0.4) is 0 Å². The molecule has 1 aromatic carbocycles. The first-order valence-corrected chi connectivity index (χ1v) is 10.2. The van der Waals surface area contributed by atoms with Gasteiger partial charge in [-0.15, -0.1) is 0 Å². The van der Waals surface area contributed by atoms with Gasteiger partial charge in [0.25, 0.3) is 0 Å². The highest BCUT2D eigenvalue weighted by Gasteiger charge is 2.17. The average Bonchev–Trinajstić information content (AvgIpc) is 3.42. The summed E-state index contributed by atoms with van der Waals surface area (Å²) in [6.07, 6.45) is 2.30. The van der Waals surface area contributed by atoms with Crippen LogP contribution < -0.4 is 10.1 Å². The van der Waals surface area contributed by atoms with Crippen LogP contribution in [0.2, 0.25) is 0 Å². The number of rotatable bonds is 6. The molecule has 1 saturated heterocycles. The molecular formula is C21H22N4O2S. The average molecular weight is 395 g/mol. The molecule has 1 N–H and O–H groups in total. The first kappa shape index (κ1) is 18.6. The van der Waals surface area contributed by atoms with Crippen LogP contribution in [0.4, 0.5) is 5.95 Å². The van der Waals surface area contributed by atoms with Crippen molar-refractivity contribution in [2.45, 2.75) is 12.8 Å². The third kappa shape index (κ3) is 4.37. The molecule has 0 bridgehead atoms. The normalized spacial score (nSPS) is 14.2. The van der Waals surface area contributed by atoms with Crippen molar-refractivity contribution in [1.82, 2.24) is 14.9 Å². The molecule has 0 aliphatic carbocycles. The van der Waals surface area contributed by atoms with Crippen molar-refractivity contribution in [2.75, 3.05) is 32.1 Å². The number of carbonyl (C=O) groups is 1. The zero-order valence-corrected chi connectivity index (χ0v) is 16.5. The van der Waals surface area contributed by atoms with Crippen LogP contribution in [0.25, 0.3) is 22.5 Å². The van der Waals surface area contributed by atoms with E-state index >= 15 is 0 Å². The van der Waals surface area contributed by atoms with Crippen molar-refractivity contribution in [3.8, 4) is 28.3 Å². The molecule has 0 radical (unpaired) electrons. The standard InChI is InChI=1S/C21H22N4O2S/c1-27-17-6-4-15(5-7-17)18-12-19(16-8-11-28-14-16)23-21(22-18)24-20(26)13-25-9-2-3-10-25/h4-8,11-12,14H,2-3,9-10,13H2,1H3,(H,22,23,24,26). The maximum Gasteiger partial charge on any atom is 0.240 e. The minimum absolute atomic E-state index is 0.0787. The Morgan fingerprint density at radius 1 is 1.11 bits per heavy atom. The van der Waals surface area contributed by atoms with E-state index < -0.39 is 0 Å². The number of carbonyl (C=O) groups excluding carboxylic acids is 1. The maximum absolute atomic E-state index is 12.5. The Morgan fingerprint density at radius 3 is 2.46 bits per heavy atom. The van der Waals surface area contributed by atoms with Gasteiger partial charge in [0.1, 0.15) is 5.75 Å². The second kappa shape index (κ2) is 8.50. The van der Waals surface area contributed by atoms with Crippen LogP contribution in [0.5, 0.6) is 5.75 Å². The molecule has 1 aliphatic heterocycles. The molecule has 3 heterocycles. The molecule has 6 nitrogen and oxygen atoms in total. The fourth-order valence-electron chi connectivity index (χ4n) is 3.28. The van der Waals surface area contributed by atoms with Gasteiger partial charge in [-0.3, -0.25) is 15.0 Å². The minimum atomic E-state index is -0.0787. The number of nitrogens with zero attached hydrogens (tertiary/aromatic N) is 3. The third-order valence-corrected chi connectivity index (χ3v) is 5.43. The van der Waals surface area contributed by atoms with Crippen molar-refractivity contribution in [3.63, 3.8) is 0 Å². The fourth-order valence-corrected chi connectivity index (χ4v) is 3.93. The van der Waals surface area contributed by atoms with Gasteiger partial charge in [-0.25, -0.2) is 9.97 Å². The number of ether oxygens (including phenoxy) is 1. The smallest absolute Gasteiger partial charge is 0.240 e. The molecule has 0 saturated carbocycles. The summed E-state index contributed by atoms with van der Waals surface area (Å²) in [5, 5.41) is 6.93. The van der Waals surface area contributed by atoms with E-state index in [-0.39, 0.29) is 5.91 Å². The van der Waals surface area contributed by atoms with Crippen molar-refractivity contribution in [1.29, 1.82) is 0 Å². The molecule has 1 amide bonds. The van der Waals surface area contributed by atoms with Gasteiger partial charge in [0.2, 0.25) is 11.9 Å². The van der Waals surface area contributed by atoms with E-state index in [0.717, 1.165) is 54.2 Å². The lowest BCUT2D eigenvalue weighted by molar-refractivity contribution is -0.117. The van der Waals surface area contributed by atoms with Crippen LogP contribution in [-0.2, 0) is 4.79 Å². The SMILES string of the molecule is COc1ccc(-c2cc(-c3ccsc3)nc(NC(=O)CN3CCCC3)n2)cc1. The molecule has 0 spiro atoms. The number of methoxy groups -OCH3 is 1. The van der Waals surface area contributed by atoms with Gasteiger partial charge in [0.15, 0.2) is 0 Å². The lowest BCUT2D eigenvalue weighted by atomic mass is 10.1. The first-order valence-electron chi connectivity index (χ1n) is 9.29. The molecule has 144 valence electrons. The van der Waals surface area contributed by atoms with Crippen molar-refractivity contribution >= 4 is 23.2 Å². The number of likely N-dealkylation sites (tertiary alicyclic amines) is 1. The number of anilines is 1. The highest BCUT2D eigenvalue weighted by Crippen LogP contribution is 2.27. The van der Waals surface area contributed by atoms with Gasteiger partial charge >= 0.3 is 0 Å². The predicted molar refractivity (Wildman–Crippen MR) is 112 cm³/mol. The van der Waals surface area contributed by atoms with E-state index in [1.54, 1.807) is 18.4 Å². The van der Waals surface area contributed by atoms with Crippen LogP contribution in [0.1, 0.15) is 12.8 Å². The Bertz CT molecular complexity index is 936. The number of aromatic nitrogens is 2. The first-order chi connectivity index (χ1) is 13.7. The number of amides is 1. The van der Waals surface area contributed by atoms with Gasteiger partial charge in [-0.05, 0) is 67.7 Å². The summed E-state index contributed by atoms with van der Waals surface area (Å²) in [5.74, 6) is 1.04. The van der Waals surface area contributed by atoms with Crippen molar-refractivity contribution < 1.29 is 9.53 Å². The van der Waals surface area contributed by atoms with Crippen molar-refractivity contribution in [3.05, 3.63) is 47.2 Å². The quantitative estimate of drug-likeness (QED) is 0.686. The highest BCUT2D eigenvalue weighted by atomic mass is 32.1. The number of hydrogen-bond donors (Lipinski definition) is 1. The van der Waals surface area contributed by atoms with Gasteiger partial charge in [0, 0.05) is 16.5 Å². The molecule has 0 unspecified atom stereocenters. The fraction of sp³-hybridized carbons (Fsp3) is 0.286. The van der Waals surface area contributed by atoms with E-state index in [9.17, 15) is 4.79 Å². The molecule has 7 heteroatoms. The summed E-state index contributed by atoms with van der Waals surface area (Å²) in [6, 6.07) is 11.7. The monoisotopic (exact) mass is 394 g/mol. The molecular weight excluding hydrogens is 372 g/mol. The van der Waals surface area contributed by atoms with E-state index in [0.29, 0.717) is 12.5 Å². The number of nitrogens with one attached hydrogen (secondary N) is 1. The molecule has 28 heavy (non-hydrogen) atoms. The Balaban J connectivity index is 1.62. The lowest BCUT2D eigenvalue weighted by Crippen LogP contribution is -2.31. The second-order valence-corrected chi connectivity index (χ2v) is 7.51. The summed E-state index contributed by atoms with van der Waals surface area (Å²) >= 11 is 1.61. The van der Waals surface area contributed by atoms with E-state index in [1.165, 1.54) is 0 Å². The van der Waals surface area contributed by atoms with Gasteiger partial charge in [0.05, 0.1) is 25.0 Å². The minimum Gasteiger partial charge on any atom is -0.497 e. The maximum atomic E-state index is 12.5. The van der Waals surface area contributed by atoms with Crippen LogP contribution in [-0.4, -0.2) is 47.5 Å². The van der Waals surface area contributed by atoms with Crippen LogP contribution in [0.15, 0.2) is 47.2 Å². The van der Waals surface area contributed by atoms with Crippen molar-refractivity contribution in [2.24, 2.45) is 0 Å². The Labute approximate surface area is 168 Å². The van der Waals surface area contributed by atoms with Crippen LogP contribution >= 0.6 is 11.3 Å². The summed E-state index contributed by atoms with van der Waals surface area (Å²) in [7, 11) is 1.64. The summed E-state index contributed by atoms with van der Waals surface area (Å²) in [4.78, 5) is 23.8. The number of benzene rings is 1. The van der Waals surface area contributed by atoms with Gasteiger partial charge in [-0.1, -0.05) is 0 Å². The topological polar surface area (TPSA) is 67.3 Å². The molecule has 0 atom stereocenters. The van der Waals surface area contributed by atoms with Crippen LogP contribution in [0, 0.1) is 0 Å². The summed E-state index contributed by atoms with van der Waals surface area (Å²) < 4.78 is 5.23. The Morgan fingerprint density at radius 2 is 1.82 bits per heavy atom.